The van der Waals surface area contributed by atoms with Gasteiger partial charge < -0.3 is 25.7 Å². The van der Waals surface area contributed by atoms with E-state index in [1.54, 1.807) is 18.3 Å². The Labute approximate surface area is 188 Å². The first-order valence-corrected chi connectivity index (χ1v) is 10.1. The number of H-pyrrole nitrogens is 1. The summed E-state index contributed by atoms with van der Waals surface area (Å²) < 4.78 is 13.3. The second-order valence-corrected chi connectivity index (χ2v) is 7.22. The minimum absolute atomic E-state index is 0.0752. The van der Waals surface area contributed by atoms with Crippen LogP contribution in [-0.2, 0) is 16.0 Å². The van der Waals surface area contributed by atoms with Crippen molar-refractivity contribution in [1.29, 1.82) is 0 Å². The predicted molar refractivity (Wildman–Crippen MR) is 118 cm³/mol. The average Bonchev–Trinajstić information content (AvgIpc) is 3.32. The van der Waals surface area contributed by atoms with Gasteiger partial charge in [0.25, 0.3) is 11.8 Å². The smallest absolute Gasteiger partial charge is 0.253 e. The lowest BCUT2D eigenvalue weighted by Gasteiger charge is -2.17. The van der Waals surface area contributed by atoms with Crippen LogP contribution in [0.25, 0.3) is 0 Å². The van der Waals surface area contributed by atoms with E-state index < -0.39 is 35.6 Å². The van der Waals surface area contributed by atoms with Crippen LogP contribution < -0.4 is 16.0 Å². The monoisotopic (exact) mass is 451 g/mol. The molecule has 0 spiro atoms. The molecule has 3 rings (SSSR count). The van der Waals surface area contributed by atoms with E-state index in [0.29, 0.717) is 12.0 Å². The lowest BCUT2D eigenvalue weighted by atomic mass is 10.1. The lowest BCUT2D eigenvalue weighted by molar-refractivity contribution is -0.117. The molecular formula is C23H22FN5O4. The van der Waals surface area contributed by atoms with Crippen molar-refractivity contribution in [3.05, 3.63) is 83.7 Å². The summed E-state index contributed by atoms with van der Waals surface area (Å²) in [6.45, 7) is 1.46. The van der Waals surface area contributed by atoms with Gasteiger partial charge in [0.2, 0.25) is 5.91 Å². The van der Waals surface area contributed by atoms with Crippen LogP contribution in [0.5, 0.6) is 0 Å². The van der Waals surface area contributed by atoms with Crippen molar-refractivity contribution in [2.45, 2.75) is 25.4 Å². The van der Waals surface area contributed by atoms with Gasteiger partial charge in [0, 0.05) is 18.2 Å². The van der Waals surface area contributed by atoms with Crippen molar-refractivity contribution in [1.82, 2.24) is 20.6 Å². The summed E-state index contributed by atoms with van der Waals surface area (Å²) in [6, 6.07) is 9.57. The van der Waals surface area contributed by atoms with Crippen molar-refractivity contribution in [3.63, 3.8) is 0 Å². The van der Waals surface area contributed by atoms with Gasteiger partial charge in [-0.1, -0.05) is 18.2 Å². The second kappa shape index (κ2) is 10.8. The Morgan fingerprint density at radius 3 is 2.58 bits per heavy atom. The Bertz CT molecular complexity index is 1150. The standard InChI is InChI=1S/C23H22FN5O4/c1-14(27-22(32)15-5-4-6-16(24)9-15)21(31)29-20-8-3-2-7-19(20)23(33)28-18(12-30)10-17-11-25-13-26-17/h2-9,11-14,18H,10H2,1H3,(H,25,26)(H,27,32)(H,28,33)(H,29,31)/t14-,18+/m1/s1. The van der Waals surface area contributed by atoms with Gasteiger partial charge >= 0.3 is 0 Å². The number of para-hydroxylation sites is 1. The minimum atomic E-state index is -0.973. The predicted octanol–water partition coefficient (Wildman–Crippen LogP) is 1.85. The molecule has 0 unspecified atom stereocenters. The Morgan fingerprint density at radius 2 is 1.88 bits per heavy atom. The molecule has 2 atom stereocenters. The van der Waals surface area contributed by atoms with E-state index >= 15 is 0 Å². The number of rotatable bonds is 9. The maximum atomic E-state index is 13.3. The number of carbonyl (C=O) groups is 4. The number of halogens is 1. The summed E-state index contributed by atoms with van der Waals surface area (Å²) in [4.78, 5) is 55.8. The normalized spacial score (nSPS) is 12.3. The molecule has 0 saturated heterocycles. The van der Waals surface area contributed by atoms with Gasteiger partial charge in [-0.15, -0.1) is 0 Å². The van der Waals surface area contributed by atoms with E-state index in [1.807, 2.05) is 0 Å². The van der Waals surface area contributed by atoms with Gasteiger partial charge in [0.1, 0.15) is 18.1 Å². The maximum Gasteiger partial charge on any atom is 0.253 e. The molecule has 4 N–H and O–H groups in total. The highest BCUT2D eigenvalue weighted by Gasteiger charge is 2.21. The molecule has 3 amide bonds. The number of carbonyl (C=O) groups excluding carboxylic acids is 4. The Kier molecular flexibility index (Phi) is 7.64. The number of aromatic nitrogens is 2. The van der Waals surface area contributed by atoms with Crippen molar-refractivity contribution in [2.24, 2.45) is 0 Å². The van der Waals surface area contributed by atoms with E-state index in [2.05, 4.69) is 25.9 Å². The van der Waals surface area contributed by atoms with E-state index in [-0.39, 0.29) is 23.2 Å². The van der Waals surface area contributed by atoms with Crippen LogP contribution in [0.15, 0.2) is 61.1 Å². The summed E-state index contributed by atoms with van der Waals surface area (Å²) in [6.07, 6.45) is 3.91. The first-order chi connectivity index (χ1) is 15.9. The molecule has 10 heteroatoms. The van der Waals surface area contributed by atoms with Crippen LogP contribution in [0.1, 0.15) is 33.3 Å². The van der Waals surface area contributed by atoms with E-state index in [1.165, 1.54) is 43.6 Å². The van der Waals surface area contributed by atoms with Gasteiger partial charge in [-0.25, -0.2) is 9.37 Å². The Morgan fingerprint density at radius 1 is 1.09 bits per heavy atom. The van der Waals surface area contributed by atoms with Crippen molar-refractivity contribution >= 4 is 29.7 Å². The fourth-order valence-electron chi connectivity index (χ4n) is 3.01. The topological polar surface area (TPSA) is 133 Å². The molecule has 33 heavy (non-hydrogen) atoms. The maximum absolute atomic E-state index is 13.3. The highest BCUT2D eigenvalue weighted by molar-refractivity contribution is 6.06. The van der Waals surface area contributed by atoms with Gasteiger partial charge in [-0.3, -0.25) is 14.4 Å². The molecule has 0 aliphatic carbocycles. The lowest BCUT2D eigenvalue weighted by Crippen LogP contribution is -2.42. The summed E-state index contributed by atoms with van der Waals surface area (Å²) >= 11 is 0. The van der Waals surface area contributed by atoms with Crippen LogP contribution in [0.2, 0.25) is 0 Å². The zero-order valence-electron chi connectivity index (χ0n) is 17.7. The molecular weight excluding hydrogens is 429 g/mol. The van der Waals surface area contributed by atoms with Gasteiger partial charge in [0.15, 0.2) is 0 Å². The average molecular weight is 451 g/mol. The number of hydrogen-bond acceptors (Lipinski definition) is 5. The van der Waals surface area contributed by atoms with E-state index in [4.69, 9.17) is 0 Å². The molecule has 9 nitrogen and oxygen atoms in total. The third-order valence-electron chi connectivity index (χ3n) is 4.72. The van der Waals surface area contributed by atoms with Crippen molar-refractivity contribution < 1.29 is 23.6 Å². The number of amides is 3. The van der Waals surface area contributed by atoms with Crippen LogP contribution in [-0.4, -0.2) is 46.1 Å². The second-order valence-electron chi connectivity index (χ2n) is 7.22. The van der Waals surface area contributed by atoms with Crippen LogP contribution in [0.4, 0.5) is 10.1 Å². The minimum Gasteiger partial charge on any atom is -0.351 e. The third-order valence-corrected chi connectivity index (χ3v) is 4.72. The Balaban J connectivity index is 1.65. The molecule has 0 aliphatic rings. The molecule has 1 aromatic heterocycles. The Hall–Kier alpha value is -4.34. The molecule has 0 aliphatic heterocycles. The van der Waals surface area contributed by atoms with Crippen molar-refractivity contribution in [2.75, 3.05) is 5.32 Å². The fraction of sp³-hybridized carbons (Fsp3) is 0.174. The molecule has 2 aromatic carbocycles. The highest BCUT2D eigenvalue weighted by atomic mass is 19.1. The van der Waals surface area contributed by atoms with E-state index in [9.17, 15) is 23.6 Å². The summed E-state index contributed by atoms with van der Waals surface area (Å²) in [5.41, 5.74) is 1.03. The number of anilines is 1. The number of hydrogen-bond donors (Lipinski definition) is 4. The molecule has 0 fully saturated rings. The van der Waals surface area contributed by atoms with Crippen LogP contribution in [0, 0.1) is 5.82 Å². The summed E-state index contributed by atoms with van der Waals surface area (Å²) in [7, 11) is 0. The number of benzene rings is 2. The van der Waals surface area contributed by atoms with Gasteiger partial charge in [-0.2, -0.15) is 0 Å². The first kappa shape index (κ1) is 23.3. The number of nitrogens with one attached hydrogen (secondary N) is 4. The quantitative estimate of drug-likeness (QED) is 0.369. The number of nitrogens with zero attached hydrogens (tertiary/aromatic N) is 1. The number of aromatic amines is 1. The van der Waals surface area contributed by atoms with Crippen LogP contribution in [0.3, 0.4) is 0 Å². The SMILES string of the molecule is C[C@@H](NC(=O)c1cccc(F)c1)C(=O)Nc1ccccc1C(=O)N[C@H](C=O)Cc1c[nH]cn1. The zero-order chi connectivity index (χ0) is 23.8. The molecule has 170 valence electrons. The molecule has 1 heterocycles. The van der Waals surface area contributed by atoms with E-state index in [0.717, 1.165) is 6.07 Å². The molecule has 0 radical (unpaired) electrons. The number of aldehydes is 1. The van der Waals surface area contributed by atoms with Gasteiger partial charge in [-0.05, 0) is 37.3 Å². The third kappa shape index (κ3) is 6.33. The van der Waals surface area contributed by atoms with Crippen LogP contribution >= 0.6 is 0 Å². The summed E-state index contributed by atoms with van der Waals surface area (Å²) in [5.74, 6) is -2.32. The highest BCUT2D eigenvalue weighted by Crippen LogP contribution is 2.16. The molecule has 0 saturated carbocycles. The zero-order valence-corrected chi connectivity index (χ0v) is 17.7. The first-order valence-electron chi connectivity index (χ1n) is 10.1. The largest absolute Gasteiger partial charge is 0.351 e. The fourth-order valence-corrected chi connectivity index (χ4v) is 3.01. The summed E-state index contributed by atoms with van der Waals surface area (Å²) in [5, 5.41) is 7.69. The van der Waals surface area contributed by atoms with Gasteiger partial charge in [0.05, 0.1) is 29.3 Å². The molecule has 0 bridgehead atoms. The number of imidazole rings is 1. The van der Waals surface area contributed by atoms with Crippen molar-refractivity contribution in [3.8, 4) is 0 Å². The molecule has 3 aromatic rings.